The smallest absolute Gasteiger partial charge is 0.123 e. The second kappa shape index (κ2) is 2.62. The third-order valence-electron chi connectivity index (χ3n) is 2.03. The van der Waals surface area contributed by atoms with E-state index in [2.05, 4.69) is 4.98 Å². The number of hydrogen-bond acceptors (Lipinski definition) is 3. The lowest BCUT2D eigenvalue weighted by Crippen LogP contribution is -1.92. The van der Waals surface area contributed by atoms with Gasteiger partial charge in [0, 0.05) is 17.3 Å². The summed E-state index contributed by atoms with van der Waals surface area (Å²) in [7, 11) is 0. The van der Waals surface area contributed by atoms with Gasteiger partial charge < -0.3 is 11.5 Å². The molecule has 1 aromatic carbocycles. The average molecular weight is 173 g/mol. The molecule has 1 aromatic heterocycles. The third-order valence-corrected chi connectivity index (χ3v) is 2.03. The summed E-state index contributed by atoms with van der Waals surface area (Å²) in [5.41, 5.74) is 13.3. The topological polar surface area (TPSA) is 64.9 Å². The van der Waals surface area contributed by atoms with Crippen molar-refractivity contribution in [1.29, 1.82) is 0 Å². The molecule has 0 bridgehead atoms. The van der Waals surface area contributed by atoms with Crippen molar-refractivity contribution in [2.75, 3.05) is 11.5 Å². The minimum Gasteiger partial charge on any atom is -0.398 e. The first kappa shape index (κ1) is 7.86. The van der Waals surface area contributed by atoms with E-state index in [9.17, 15) is 0 Å². The lowest BCUT2D eigenvalue weighted by atomic mass is 10.1. The SMILES string of the molecule is Cc1cc(N)c2cnc(N)cc2c1. The highest BCUT2D eigenvalue weighted by Crippen LogP contribution is 2.23. The summed E-state index contributed by atoms with van der Waals surface area (Å²) >= 11 is 0. The lowest BCUT2D eigenvalue weighted by molar-refractivity contribution is 1.36. The molecule has 3 nitrogen and oxygen atoms in total. The van der Waals surface area contributed by atoms with E-state index in [1.165, 1.54) is 0 Å². The number of anilines is 2. The zero-order valence-corrected chi connectivity index (χ0v) is 7.41. The molecule has 0 fully saturated rings. The number of nitrogen functional groups attached to an aromatic ring is 2. The molecule has 0 spiro atoms. The van der Waals surface area contributed by atoms with Crippen molar-refractivity contribution >= 4 is 22.3 Å². The molecule has 66 valence electrons. The molecule has 0 aliphatic heterocycles. The fraction of sp³-hybridized carbons (Fsp3) is 0.100. The Kier molecular flexibility index (Phi) is 1.59. The zero-order chi connectivity index (χ0) is 9.42. The molecule has 0 saturated heterocycles. The molecule has 0 atom stereocenters. The van der Waals surface area contributed by atoms with Crippen LogP contribution in [-0.2, 0) is 0 Å². The Hall–Kier alpha value is -1.77. The van der Waals surface area contributed by atoms with Crippen LogP contribution in [0.2, 0.25) is 0 Å². The molecule has 4 N–H and O–H groups in total. The van der Waals surface area contributed by atoms with Gasteiger partial charge in [-0.1, -0.05) is 6.07 Å². The largest absolute Gasteiger partial charge is 0.398 e. The first-order valence-electron chi connectivity index (χ1n) is 4.08. The van der Waals surface area contributed by atoms with Crippen molar-refractivity contribution in [3.05, 3.63) is 30.0 Å². The van der Waals surface area contributed by atoms with Crippen molar-refractivity contribution in [1.82, 2.24) is 4.98 Å². The van der Waals surface area contributed by atoms with Gasteiger partial charge in [0.2, 0.25) is 0 Å². The second-order valence-corrected chi connectivity index (χ2v) is 3.18. The first-order chi connectivity index (χ1) is 6.16. The minimum absolute atomic E-state index is 0.525. The Morgan fingerprint density at radius 1 is 1.15 bits per heavy atom. The highest BCUT2D eigenvalue weighted by Gasteiger charge is 1.99. The van der Waals surface area contributed by atoms with Gasteiger partial charge in [-0.05, 0) is 30.0 Å². The van der Waals surface area contributed by atoms with E-state index in [1.807, 2.05) is 25.1 Å². The van der Waals surface area contributed by atoms with Gasteiger partial charge >= 0.3 is 0 Å². The molecule has 13 heavy (non-hydrogen) atoms. The number of nitrogens with zero attached hydrogens (tertiary/aromatic N) is 1. The summed E-state index contributed by atoms with van der Waals surface area (Å²) in [5.74, 6) is 0.525. The summed E-state index contributed by atoms with van der Waals surface area (Å²) in [6.07, 6.45) is 1.71. The molecule has 0 radical (unpaired) electrons. The maximum atomic E-state index is 5.83. The Labute approximate surface area is 76.4 Å². The number of pyridine rings is 1. The number of nitrogens with two attached hydrogens (primary N) is 2. The first-order valence-corrected chi connectivity index (χ1v) is 4.08. The average Bonchev–Trinajstić information content (AvgIpc) is 2.02. The van der Waals surface area contributed by atoms with E-state index in [-0.39, 0.29) is 0 Å². The van der Waals surface area contributed by atoms with Crippen LogP contribution in [0, 0.1) is 6.92 Å². The van der Waals surface area contributed by atoms with E-state index in [0.29, 0.717) is 5.82 Å². The summed E-state index contributed by atoms with van der Waals surface area (Å²) in [6, 6.07) is 5.81. The van der Waals surface area contributed by atoms with E-state index in [0.717, 1.165) is 22.0 Å². The Morgan fingerprint density at radius 3 is 2.69 bits per heavy atom. The van der Waals surface area contributed by atoms with Crippen molar-refractivity contribution in [2.45, 2.75) is 6.92 Å². The highest BCUT2D eigenvalue weighted by atomic mass is 14.8. The number of hydrogen-bond donors (Lipinski definition) is 2. The maximum Gasteiger partial charge on any atom is 0.123 e. The van der Waals surface area contributed by atoms with Crippen LogP contribution >= 0.6 is 0 Å². The van der Waals surface area contributed by atoms with Gasteiger partial charge in [0.1, 0.15) is 5.82 Å². The standard InChI is InChI=1S/C10H11N3/c1-6-2-7-4-10(12)13-5-8(7)9(11)3-6/h2-5H,11H2,1H3,(H2,12,13). The van der Waals surface area contributed by atoms with E-state index in [4.69, 9.17) is 11.5 Å². The van der Waals surface area contributed by atoms with Crippen LogP contribution in [0.5, 0.6) is 0 Å². The molecule has 0 saturated carbocycles. The molecule has 0 unspecified atom stereocenters. The van der Waals surface area contributed by atoms with Crippen molar-refractivity contribution in [3.8, 4) is 0 Å². The Morgan fingerprint density at radius 2 is 1.92 bits per heavy atom. The monoisotopic (exact) mass is 173 g/mol. The number of rotatable bonds is 0. The lowest BCUT2D eigenvalue weighted by Gasteiger charge is -2.03. The molecule has 1 heterocycles. The second-order valence-electron chi connectivity index (χ2n) is 3.18. The van der Waals surface area contributed by atoms with Gasteiger partial charge in [0.15, 0.2) is 0 Å². The van der Waals surface area contributed by atoms with Crippen LogP contribution in [-0.4, -0.2) is 4.98 Å². The normalized spacial score (nSPS) is 10.5. The number of benzene rings is 1. The molecular weight excluding hydrogens is 162 g/mol. The number of aryl methyl sites for hydroxylation is 1. The molecule has 2 aromatic rings. The fourth-order valence-electron chi connectivity index (χ4n) is 1.46. The Balaban J connectivity index is 2.86. The van der Waals surface area contributed by atoms with Crippen LogP contribution < -0.4 is 11.5 Å². The summed E-state index contributed by atoms with van der Waals surface area (Å²) in [6.45, 7) is 2.01. The molecule has 2 rings (SSSR count). The van der Waals surface area contributed by atoms with Crippen LogP contribution in [0.25, 0.3) is 10.8 Å². The van der Waals surface area contributed by atoms with E-state index < -0.39 is 0 Å². The molecule has 0 aliphatic rings. The molecule has 3 heteroatoms. The van der Waals surface area contributed by atoms with Gasteiger partial charge in [-0.3, -0.25) is 0 Å². The summed E-state index contributed by atoms with van der Waals surface area (Å²) < 4.78 is 0. The van der Waals surface area contributed by atoms with Crippen molar-refractivity contribution < 1.29 is 0 Å². The van der Waals surface area contributed by atoms with Gasteiger partial charge in [0.05, 0.1) is 0 Å². The van der Waals surface area contributed by atoms with Crippen LogP contribution in [0.4, 0.5) is 11.5 Å². The van der Waals surface area contributed by atoms with Gasteiger partial charge in [-0.2, -0.15) is 0 Å². The zero-order valence-electron chi connectivity index (χ0n) is 7.41. The third kappa shape index (κ3) is 1.28. The van der Waals surface area contributed by atoms with Gasteiger partial charge in [0.25, 0.3) is 0 Å². The van der Waals surface area contributed by atoms with Gasteiger partial charge in [-0.25, -0.2) is 4.98 Å². The molecule has 0 aliphatic carbocycles. The van der Waals surface area contributed by atoms with E-state index in [1.54, 1.807) is 6.20 Å². The summed E-state index contributed by atoms with van der Waals surface area (Å²) in [4.78, 5) is 4.00. The van der Waals surface area contributed by atoms with Crippen LogP contribution in [0.1, 0.15) is 5.56 Å². The summed E-state index contributed by atoms with van der Waals surface area (Å²) in [5, 5.41) is 2.00. The quantitative estimate of drug-likeness (QED) is 0.596. The van der Waals surface area contributed by atoms with Crippen LogP contribution in [0.15, 0.2) is 24.4 Å². The predicted molar refractivity (Wildman–Crippen MR) is 55.3 cm³/mol. The fourth-order valence-corrected chi connectivity index (χ4v) is 1.46. The minimum atomic E-state index is 0.525. The number of fused-ring (bicyclic) bond motifs is 1. The van der Waals surface area contributed by atoms with Crippen molar-refractivity contribution in [3.63, 3.8) is 0 Å². The van der Waals surface area contributed by atoms with Crippen molar-refractivity contribution in [2.24, 2.45) is 0 Å². The Bertz CT molecular complexity index is 458. The van der Waals surface area contributed by atoms with E-state index >= 15 is 0 Å². The van der Waals surface area contributed by atoms with Gasteiger partial charge in [-0.15, -0.1) is 0 Å². The number of aromatic nitrogens is 1. The highest BCUT2D eigenvalue weighted by molar-refractivity contribution is 5.93. The predicted octanol–water partition coefficient (Wildman–Crippen LogP) is 1.71. The maximum absolute atomic E-state index is 5.83. The molecule has 0 amide bonds. The molecular formula is C10H11N3. The van der Waals surface area contributed by atoms with Crippen LogP contribution in [0.3, 0.4) is 0 Å².